The Labute approximate surface area is 115 Å². The van der Waals surface area contributed by atoms with Crippen LogP contribution in [-0.2, 0) is 11.2 Å². The van der Waals surface area contributed by atoms with E-state index >= 15 is 0 Å². The van der Waals surface area contributed by atoms with Crippen molar-refractivity contribution in [1.82, 2.24) is 0 Å². The molecule has 0 bridgehead atoms. The minimum Gasteiger partial charge on any atom is -0.491 e. The molecule has 0 aromatic heterocycles. The maximum atomic E-state index is 12.2. The van der Waals surface area contributed by atoms with E-state index in [0.717, 1.165) is 37.1 Å². The molecule has 19 heavy (non-hydrogen) atoms. The van der Waals surface area contributed by atoms with Crippen LogP contribution >= 0.6 is 0 Å². The summed E-state index contributed by atoms with van der Waals surface area (Å²) in [6.45, 7) is 6.74. The van der Waals surface area contributed by atoms with Crippen LogP contribution in [0.2, 0.25) is 0 Å². The van der Waals surface area contributed by atoms with Gasteiger partial charge in [0.1, 0.15) is 5.75 Å². The Morgan fingerprint density at radius 1 is 1.37 bits per heavy atom. The molecule has 1 N–H and O–H groups in total. The van der Waals surface area contributed by atoms with Crippen molar-refractivity contribution in [2.75, 3.05) is 11.9 Å². The zero-order valence-corrected chi connectivity index (χ0v) is 12.1. The molecule has 0 aliphatic heterocycles. The van der Waals surface area contributed by atoms with E-state index in [0.29, 0.717) is 6.61 Å². The molecule has 0 unspecified atom stereocenters. The van der Waals surface area contributed by atoms with E-state index in [1.54, 1.807) is 0 Å². The molecule has 104 valence electrons. The third-order valence-electron chi connectivity index (χ3n) is 3.70. The fourth-order valence-corrected chi connectivity index (χ4v) is 2.15. The number of hydrogen-bond acceptors (Lipinski definition) is 2. The number of hydrogen-bond donors (Lipinski definition) is 1. The lowest BCUT2D eigenvalue weighted by Crippen LogP contribution is -2.22. The molecule has 1 fully saturated rings. The van der Waals surface area contributed by atoms with Crippen LogP contribution in [0.3, 0.4) is 0 Å². The van der Waals surface area contributed by atoms with Crippen LogP contribution in [0.15, 0.2) is 18.2 Å². The van der Waals surface area contributed by atoms with Crippen LogP contribution in [0.25, 0.3) is 0 Å². The molecule has 0 atom stereocenters. The van der Waals surface area contributed by atoms with Crippen LogP contribution < -0.4 is 10.1 Å². The fraction of sp³-hybridized carbons (Fsp3) is 0.562. The molecule has 0 heterocycles. The maximum absolute atomic E-state index is 12.2. The third kappa shape index (κ3) is 3.09. The van der Waals surface area contributed by atoms with Gasteiger partial charge in [-0.05, 0) is 37.8 Å². The average Bonchev–Trinajstić information content (AvgIpc) is 3.13. The van der Waals surface area contributed by atoms with Gasteiger partial charge in [0, 0.05) is 5.41 Å². The molecule has 2 rings (SSSR count). The van der Waals surface area contributed by atoms with Gasteiger partial charge in [-0.25, -0.2) is 0 Å². The van der Waals surface area contributed by atoms with E-state index in [1.165, 1.54) is 5.56 Å². The van der Waals surface area contributed by atoms with E-state index in [2.05, 4.69) is 18.3 Å². The first kappa shape index (κ1) is 13.9. The highest BCUT2D eigenvalue weighted by Crippen LogP contribution is 2.46. The van der Waals surface area contributed by atoms with Crippen molar-refractivity contribution in [3.63, 3.8) is 0 Å². The predicted octanol–water partition coefficient (Wildman–Crippen LogP) is 3.78. The zero-order chi connectivity index (χ0) is 13.9. The second-order valence-corrected chi connectivity index (χ2v) is 5.49. The van der Waals surface area contributed by atoms with Crippen LogP contribution in [-0.4, -0.2) is 12.5 Å². The Morgan fingerprint density at radius 2 is 2.11 bits per heavy atom. The number of benzene rings is 1. The summed E-state index contributed by atoms with van der Waals surface area (Å²) >= 11 is 0. The van der Waals surface area contributed by atoms with Gasteiger partial charge >= 0.3 is 0 Å². The van der Waals surface area contributed by atoms with Gasteiger partial charge in [0.15, 0.2) is 0 Å². The molecular formula is C16H23NO2. The van der Waals surface area contributed by atoms with E-state index in [1.807, 2.05) is 26.0 Å². The minimum atomic E-state index is -0.162. The SMILES string of the molecule is CCCc1cccc(NC(=O)C2(C)CC2)c1OCC. The Hall–Kier alpha value is -1.51. The first-order chi connectivity index (χ1) is 9.10. The van der Waals surface area contributed by atoms with E-state index in [-0.39, 0.29) is 11.3 Å². The molecule has 1 aromatic rings. The maximum Gasteiger partial charge on any atom is 0.230 e. The summed E-state index contributed by atoms with van der Waals surface area (Å²) in [5, 5.41) is 3.03. The van der Waals surface area contributed by atoms with E-state index in [4.69, 9.17) is 4.74 Å². The highest BCUT2D eigenvalue weighted by molar-refractivity contribution is 5.98. The molecular weight excluding hydrogens is 238 g/mol. The van der Waals surface area contributed by atoms with Gasteiger partial charge in [-0.3, -0.25) is 4.79 Å². The van der Waals surface area contributed by atoms with Gasteiger partial charge < -0.3 is 10.1 Å². The predicted molar refractivity (Wildman–Crippen MR) is 77.6 cm³/mol. The molecule has 0 radical (unpaired) electrons. The smallest absolute Gasteiger partial charge is 0.230 e. The zero-order valence-electron chi connectivity index (χ0n) is 12.1. The summed E-state index contributed by atoms with van der Waals surface area (Å²) < 4.78 is 5.74. The lowest BCUT2D eigenvalue weighted by molar-refractivity contribution is -0.120. The van der Waals surface area contributed by atoms with Crippen molar-refractivity contribution in [2.24, 2.45) is 5.41 Å². The average molecular weight is 261 g/mol. The molecule has 0 saturated heterocycles. The highest BCUT2D eigenvalue weighted by Gasteiger charge is 2.45. The Balaban J connectivity index is 2.22. The molecule has 0 spiro atoms. The van der Waals surface area contributed by atoms with E-state index in [9.17, 15) is 4.79 Å². The molecule has 1 aromatic carbocycles. The normalized spacial score (nSPS) is 15.9. The Bertz CT molecular complexity index is 464. The largest absolute Gasteiger partial charge is 0.491 e. The Kier molecular flexibility index (Phi) is 4.13. The molecule has 1 aliphatic carbocycles. The quantitative estimate of drug-likeness (QED) is 0.846. The lowest BCUT2D eigenvalue weighted by atomic mass is 10.1. The number of ether oxygens (including phenoxy) is 1. The number of para-hydroxylation sites is 1. The monoisotopic (exact) mass is 261 g/mol. The number of aryl methyl sites for hydroxylation is 1. The third-order valence-corrected chi connectivity index (χ3v) is 3.70. The van der Waals surface area contributed by atoms with Crippen LogP contribution in [0.1, 0.15) is 45.6 Å². The number of nitrogens with one attached hydrogen (secondary N) is 1. The van der Waals surface area contributed by atoms with Crippen molar-refractivity contribution in [2.45, 2.75) is 46.5 Å². The molecule has 1 amide bonds. The number of carbonyl (C=O) groups is 1. The summed E-state index contributed by atoms with van der Waals surface area (Å²) in [6.07, 6.45) is 4.00. The van der Waals surface area contributed by atoms with Crippen molar-refractivity contribution < 1.29 is 9.53 Å². The number of carbonyl (C=O) groups excluding carboxylic acids is 1. The summed E-state index contributed by atoms with van der Waals surface area (Å²) in [6, 6.07) is 5.98. The summed E-state index contributed by atoms with van der Waals surface area (Å²) in [7, 11) is 0. The first-order valence-corrected chi connectivity index (χ1v) is 7.17. The molecule has 1 saturated carbocycles. The van der Waals surface area contributed by atoms with Crippen molar-refractivity contribution in [3.05, 3.63) is 23.8 Å². The van der Waals surface area contributed by atoms with Crippen molar-refractivity contribution in [1.29, 1.82) is 0 Å². The highest BCUT2D eigenvalue weighted by atomic mass is 16.5. The van der Waals surface area contributed by atoms with Gasteiger partial charge in [0.2, 0.25) is 5.91 Å². The van der Waals surface area contributed by atoms with Crippen LogP contribution in [0.5, 0.6) is 5.75 Å². The van der Waals surface area contributed by atoms with Gasteiger partial charge in [-0.2, -0.15) is 0 Å². The van der Waals surface area contributed by atoms with Gasteiger partial charge in [-0.1, -0.05) is 32.4 Å². The summed E-state index contributed by atoms with van der Waals surface area (Å²) in [5.74, 6) is 0.951. The summed E-state index contributed by atoms with van der Waals surface area (Å²) in [5.41, 5.74) is 1.82. The Morgan fingerprint density at radius 3 is 2.68 bits per heavy atom. The second-order valence-electron chi connectivity index (χ2n) is 5.49. The second kappa shape index (κ2) is 5.64. The summed E-state index contributed by atoms with van der Waals surface area (Å²) in [4.78, 5) is 12.2. The lowest BCUT2D eigenvalue weighted by Gasteiger charge is -2.17. The fourth-order valence-electron chi connectivity index (χ4n) is 2.15. The number of rotatable bonds is 6. The first-order valence-electron chi connectivity index (χ1n) is 7.17. The molecule has 3 nitrogen and oxygen atoms in total. The standard InChI is InChI=1S/C16H23NO2/c1-4-7-12-8-6-9-13(14(12)19-5-2)17-15(18)16(3)10-11-16/h6,8-9H,4-5,7,10-11H2,1-3H3,(H,17,18). The van der Waals surface area contributed by atoms with Crippen molar-refractivity contribution in [3.8, 4) is 5.75 Å². The molecule has 1 aliphatic rings. The minimum absolute atomic E-state index is 0.113. The topological polar surface area (TPSA) is 38.3 Å². The van der Waals surface area contributed by atoms with Gasteiger partial charge in [0.25, 0.3) is 0 Å². The number of anilines is 1. The van der Waals surface area contributed by atoms with Gasteiger partial charge in [0.05, 0.1) is 12.3 Å². The van der Waals surface area contributed by atoms with Crippen LogP contribution in [0, 0.1) is 5.41 Å². The van der Waals surface area contributed by atoms with Crippen molar-refractivity contribution >= 4 is 11.6 Å². The van der Waals surface area contributed by atoms with Gasteiger partial charge in [-0.15, -0.1) is 0 Å². The van der Waals surface area contributed by atoms with E-state index < -0.39 is 0 Å². The molecule has 3 heteroatoms. The number of amides is 1. The van der Waals surface area contributed by atoms with Crippen LogP contribution in [0.4, 0.5) is 5.69 Å².